The molecule has 33 heavy (non-hydrogen) atoms. The van der Waals surface area contributed by atoms with E-state index in [1.807, 2.05) is 58.9 Å². The number of carbonyl (C=O) groups is 2. The van der Waals surface area contributed by atoms with Crippen LogP contribution in [-0.2, 0) is 9.59 Å². The van der Waals surface area contributed by atoms with Gasteiger partial charge in [0.2, 0.25) is 0 Å². The number of aliphatic hydroxyl groups is 1. The summed E-state index contributed by atoms with van der Waals surface area (Å²) >= 11 is 0. The van der Waals surface area contributed by atoms with Gasteiger partial charge in [-0.2, -0.15) is 0 Å². The van der Waals surface area contributed by atoms with E-state index < -0.39 is 17.7 Å². The van der Waals surface area contributed by atoms with Crippen molar-refractivity contribution >= 4 is 17.4 Å². The van der Waals surface area contributed by atoms with E-state index in [2.05, 4.69) is 0 Å². The van der Waals surface area contributed by atoms with Gasteiger partial charge in [-0.25, -0.2) is 0 Å². The molecule has 1 N–H and O–H groups in total. The molecule has 6 nitrogen and oxygen atoms in total. The molecule has 3 rings (SSSR count). The van der Waals surface area contributed by atoms with Gasteiger partial charge < -0.3 is 19.5 Å². The molecule has 1 aliphatic heterocycles. The molecule has 1 heterocycles. The first-order valence-corrected chi connectivity index (χ1v) is 11.6. The zero-order chi connectivity index (χ0) is 24.1. The number of benzene rings is 2. The van der Waals surface area contributed by atoms with Crippen molar-refractivity contribution in [3.8, 4) is 11.5 Å². The molecule has 1 saturated heterocycles. The van der Waals surface area contributed by atoms with Crippen molar-refractivity contribution in [1.82, 2.24) is 4.90 Å². The van der Waals surface area contributed by atoms with E-state index in [1.165, 1.54) is 4.90 Å². The van der Waals surface area contributed by atoms with Crippen LogP contribution in [0.3, 0.4) is 0 Å². The number of ketones is 1. The Balaban J connectivity index is 2.11. The molecule has 2 aromatic rings. The number of aliphatic hydroxyl groups excluding tert-OH is 1. The number of ether oxygens (including phenoxy) is 2. The highest BCUT2D eigenvalue weighted by atomic mass is 16.5. The number of hydrogen-bond donors (Lipinski definition) is 1. The van der Waals surface area contributed by atoms with Crippen LogP contribution in [-0.4, -0.2) is 41.0 Å². The monoisotopic (exact) mass is 451 g/mol. The molecule has 0 aliphatic carbocycles. The predicted molar refractivity (Wildman–Crippen MR) is 128 cm³/mol. The second kappa shape index (κ2) is 10.6. The molecule has 0 saturated carbocycles. The number of rotatable bonds is 9. The van der Waals surface area contributed by atoms with Crippen LogP contribution in [0.25, 0.3) is 5.76 Å². The number of Topliss-reactive ketones (excluding diaryl/α,β-unsaturated/α-hetero) is 1. The highest BCUT2D eigenvalue weighted by molar-refractivity contribution is 6.46. The third-order valence-electron chi connectivity index (χ3n) is 5.46. The molecule has 1 amide bonds. The van der Waals surface area contributed by atoms with Crippen molar-refractivity contribution in [3.63, 3.8) is 0 Å². The standard InChI is InChI=1S/C27H33NO5/c1-6-13-28-24(19-9-8-10-21(16-19)32-14-7-2)23(26(30)27(28)31)25(29)20-11-12-22(18(5)15-20)33-17(3)4/h8-12,15-17,24,29H,6-7,13-14H2,1-5H3/b25-23+. The molecule has 1 unspecified atom stereocenters. The Labute approximate surface area is 195 Å². The lowest BCUT2D eigenvalue weighted by Crippen LogP contribution is -2.30. The average Bonchev–Trinajstić information content (AvgIpc) is 3.03. The Hall–Kier alpha value is -3.28. The van der Waals surface area contributed by atoms with E-state index in [0.717, 1.165) is 17.5 Å². The summed E-state index contributed by atoms with van der Waals surface area (Å²) in [6, 6.07) is 12.0. The molecule has 0 aromatic heterocycles. The zero-order valence-corrected chi connectivity index (χ0v) is 20.1. The van der Waals surface area contributed by atoms with Crippen LogP contribution in [0.15, 0.2) is 48.0 Å². The lowest BCUT2D eigenvalue weighted by Gasteiger charge is -2.25. The minimum Gasteiger partial charge on any atom is -0.507 e. The number of aryl methyl sites for hydroxylation is 1. The molecule has 0 radical (unpaired) electrons. The van der Waals surface area contributed by atoms with Gasteiger partial charge in [-0.15, -0.1) is 0 Å². The maximum Gasteiger partial charge on any atom is 0.295 e. The van der Waals surface area contributed by atoms with Crippen molar-refractivity contribution in [2.75, 3.05) is 13.2 Å². The van der Waals surface area contributed by atoms with Crippen LogP contribution in [0.2, 0.25) is 0 Å². The SMILES string of the molecule is CCCOc1cccc(C2/C(=C(\O)c3ccc(OC(C)C)c(C)c3)C(=O)C(=O)N2CCC)c1. The van der Waals surface area contributed by atoms with Crippen LogP contribution < -0.4 is 9.47 Å². The van der Waals surface area contributed by atoms with E-state index in [-0.39, 0.29) is 17.4 Å². The van der Waals surface area contributed by atoms with Gasteiger partial charge in [-0.05, 0) is 75.1 Å². The van der Waals surface area contributed by atoms with Crippen molar-refractivity contribution < 1.29 is 24.2 Å². The van der Waals surface area contributed by atoms with Crippen LogP contribution >= 0.6 is 0 Å². The summed E-state index contributed by atoms with van der Waals surface area (Å²) in [4.78, 5) is 27.5. The largest absolute Gasteiger partial charge is 0.507 e. The first-order valence-electron chi connectivity index (χ1n) is 11.6. The third-order valence-corrected chi connectivity index (χ3v) is 5.46. The van der Waals surface area contributed by atoms with Crippen LogP contribution in [0.5, 0.6) is 11.5 Å². The molecule has 2 aromatic carbocycles. The molecular formula is C27H33NO5. The predicted octanol–water partition coefficient (Wildman–Crippen LogP) is 5.40. The molecule has 1 atom stereocenters. The second-order valence-corrected chi connectivity index (χ2v) is 8.56. The molecule has 1 aliphatic rings. The molecule has 1 fully saturated rings. The molecule has 0 bridgehead atoms. The van der Waals surface area contributed by atoms with Gasteiger partial charge in [-0.3, -0.25) is 9.59 Å². The number of likely N-dealkylation sites (tertiary alicyclic amines) is 1. The highest BCUT2D eigenvalue weighted by Gasteiger charge is 2.45. The Morgan fingerprint density at radius 3 is 2.48 bits per heavy atom. The maximum atomic E-state index is 13.1. The van der Waals surface area contributed by atoms with E-state index in [9.17, 15) is 14.7 Å². The van der Waals surface area contributed by atoms with Gasteiger partial charge in [-0.1, -0.05) is 26.0 Å². The van der Waals surface area contributed by atoms with Gasteiger partial charge in [0.15, 0.2) is 0 Å². The van der Waals surface area contributed by atoms with Gasteiger partial charge in [0.25, 0.3) is 11.7 Å². The van der Waals surface area contributed by atoms with Gasteiger partial charge >= 0.3 is 0 Å². The summed E-state index contributed by atoms with van der Waals surface area (Å²) < 4.78 is 11.6. The van der Waals surface area contributed by atoms with Gasteiger partial charge in [0, 0.05) is 12.1 Å². The minimum atomic E-state index is -0.679. The molecular weight excluding hydrogens is 418 g/mol. The van der Waals surface area contributed by atoms with Crippen molar-refractivity contribution in [2.24, 2.45) is 0 Å². The Kier molecular flexibility index (Phi) is 7.79. The smallest absolute Gasteiger partial charge is 0.295 e. The summed E-state index contributed by atoms with van der Waals surface area (Å²) in [6.45, 7) is 10.7. The summed E-state index contributed by atoms with van der Waals surface area (Å²) in [5.41, 5.74) is 2.14. The maximum absolute atomic E-state index is 13.1. The van der Waals surface area contributed by atoms with Crippen LogP contribution in [0, 0.1) is 6.92 Å². The highest BCUT2D eigenvalue weighted by Crippen LogP contribution is 2.40. The van der Waals surface area contributed by atoms with E-state index >= 15 is 0 Å². The van der Waals surface area contributed by atoms with Crippen molar-refractivity contribution in [1.29, 1.82) is 0 Å². The first-order chi connectivity index (χ1) is 15.8. The molecule has 0 spiro atoms. The summed E-state index contributed by atoms with van der Waals surface area (Å²) in [7, 11) is 0. The normalized spacial score (nSPS) is 17.6. The van der Waals surface area contributed by atoms with E-state index in [0.29, 0.717) is 36.6 Å². The van der Waals surface area contributed by atoms with Crippen LogP contribution in [0.4, 0.5) is 0 Å². The van der Waals surface area contributed by atoms with Gasteiger partial charge in [0.1, 0.15) is 17.3 Å². The second-order valence-electron chi connectivity index (χ2n) is 8.56. The topological polar surface area (TPSA) is 76.1 Å². The Morgan fingerprint density at radius 2 is 1.85 bits per heavy atom. The number of nitrogens with zero attached hydrogens (tertiary/aromatic N) is 1. The average molecular weight is 452 g/mol. The number of hydrogen-bond acceptors (Lipinski definition) is 5. The Morgan fingerprint density at radius 1 is 1.09 bits per heavy atom. The van der Waals surface area contributed by atoms with Crippen molar-refractivity contribution in [3.05, 3.63) is 64.7 Å². The molecule has 176 valence electrons. The fraction of sp³-hybridized carbons (Fsp3) is 0.407. The quantitative estimate of drug-likeness (QED) is 0.314. The van der Waals surface area contributed by atoms with Gasteiger partial charge in [0.05, 0.1) is 24.3 Å². The number of carbonyl (C=O) groups excluding carboxylic acids is 2. The first kappa shape index (κ1) is 24.4. The summed E-state index contributed by atoms with van der Waals surface area (Å²) in [6.07, 6.45) is 1.58. The third kappa shape index (κ3) is 5.21. The summed E-state index contributed by atoms with van der Waals surface area (Å²) in [5, 5.41) is 11.2. The Bertz CT molecular complexity index is 1060. The minimum absolute atomic E-state index is 0.0183. The number of amides is 1. The van der Waals surface area contributed by atoms with Crippen molar-refractivity contribution in [2.45, 2.75) is 59.6 Å². The lowest BCUT2D eigenvalue weighted by atomic mass is 9.94. The van der Waals surface area contributed by atoms with Crippen LogP contribution in [0.1, 0.15) is 63.3 Å². The lowest BCUT2D eigenvalue weighted by molar-refractivity contribution is -0.139. The van der Waals surface area contributed by atoms with E-state index in [1.54, 1.807) is 18.2 Å². The molecule has 6 heteroatoms. The zero-order valence-electron chi connectivity index (χ0n) is 20.1. The fourth-order valence-electron chi connectivity index (χ4n) is 4.03. The van der Waals surface area contributed by atoms with E-state index in [4.69, 9.17) is 9.47 Å². The fourth-order valence-corrected chi connectivity index (χ4v) is 4.03. The summed E-state index contributed by atoms with van der Waals surface area (Å²) in [5.74, 6) is -0.0745.